The summed E-state index contributed by atoms with van der Waals surface area (Å²) in [5, 5.41) is 0. The van der Waals surface area contributed by atoms with E-state index in [0.717, 1.165) is 32.2 Å². The van der Waals surface area contributed by atoms with Gasteiger partial charge in [-0.05, 0) is 12.8 Å². The SMILES string of the molecule is CS(=O)(=O)NCCC(=O)N1CCCC1. The maximum Gasteiger partial charge on any atom is 0.223 e. The molecule has 5 nitrogen and oxygen atoms in total. The number of carbonyl (C=O) groups excluding carboxylic acids is 1. The molecule has 0 unspecified atom stereocenters. The summed E-state index contributed by atoms with van der Waals surface area (Å²) in [6.07, 6.45) is 3.47. The summed E-state index contributed by atoms with van der Waals surface area (Å²) in [6, 6.07) is 0. The monoisotopic (exact) mass is 220 g/mol. The Labute approximate surface area is 84.5 Å². The summed E-state index contributed by atoms with van der Waals surface area (Å²) in [6.45, 7) is 1.84. The molecule has 0 aromatic heterocycles. The number of amides is 1. The first-order chi connectivity index (χ1) is 6.49. The van der Waals surface area contributed by atoms with Gasteiger partial charge in [0.15, 0.2) is 0 Å². The van der Waals surface area contributed by atoms with Crippen molar-refractivity contribution in [2.45, 2.75) is 19.3 Å². The van der Waals surface area contributed by atoms with Crippen LogP contribution in [0.4, 0.5) is 0 Å². The van der Waals surface area contributed by atoms with Crippen molar-refractivity contribution in [3.8, 4) is 0 Å². The molecule has 1 heterocycles. The zero-order valence-corrected chi connectivity index (χ0v) is 9.14. The van der Waals surface area contributed by atoms with Crippen molar-refractivity contribution < 1.29 is 13.2 Å². The third-order valence-corrected chi connectivity index (χ3v) is 2.89. The Bertz CT molecular complexity index is 294. The van der Waals surface area contributed by atoms with Crippen LogP contribution in [0.15, 0.2) is 0 Å². The van der Waals surface area contributed by atoms with Crippen LogP contribution in [0, 0.1) is 0 Å². The van der Waals surface area contributed by atoms with Gasteiger partial charge in [-0.15, -0.1) is 0 Å². The second kappa shape index (κ2) is 4.75. The predicted octanol–water partition coefficient (Wildman–Crippen LogP) is -0.452. The third-order valence-electron chi connectivity index (χ3n) is 2.16. The molecule has 0 spiro atoms. The van der Waals surface area contributed by atoms with Crippen molar-refractivity contribution in [3.63, 3.8) is 0 Å². The highest BCUT2D eigenvalue weighted by Crippen LogP contribution is 2.08. The first-order valence-corrected chi connectivity index (χ1v) is 6.60. The highest BCUT2D eigenvalue weighted by atomic mass is 32.2. The minimum atomic E-state index is -3.16. The summed E-state index contributed by atoms with van der Waals surface area (Å²) >= 11 is 0. The Morgan fingerprint density at radius 3 is 2.43 bits per heavy atom. The van der Waals surface area contributed by atoms with Gasteiger partial charge in [0.1, 0.15) is 0 Å². The standard InChI is InChI=1S/C8H16N2O3S/c1-14(12,13)9-5-4-8(11)10-6-2-3-7-10/h9H,2-7H2,1H3. The van der Waals surface area contributed by atoms with E-state index in [4.69, 9.17) is 0 Å². The van der Waals surface area contributed by atoms with Gasteiger partial charge in [-0.25, -0.2) is 13.1 Å². The van der Waals surface area contributed by atoms with Crippen LogP contribution in [0.25, 0.3) is 0 Å². The van der Waals surface area contributed by atoms with Gasteiger partial charge >= 0.3 is 0 Å². The summed E-state index contributed by atoms with van der Waals surface area (Å²) in [5.74, 6) is 0.0404. The van der Waals surface area contributed by atoms with Gasteiger partial charge in [-0.2, -0.15) is 0 Å². The topological polar surface area (TPSA) is 66.5 Å². The number of nitrogens with one attached hydrogen (secondary N) is 1. The maximum absolute atomic E-state index is 11.4. The fraction of sp³-hybridized carbons (Fsp3) is 0.875. The lowest BCUT2D eigenvalue weighted by Crippen LogP contribution is -2.32. The summed E-state index contributed by atoms with van der Waals surface area (Å²) in [4.78, 5) is 13.2. The molecule has 0 atom stereocenters. The van der Waals surface area contributed by atoms with Gasteiger partial charge in [0.05, 0.1) is 6.26 Å². The number of sulfonamides is 1. The molecule has 1 rings (SSSR count). The minimum Gasteiger partial charge on any atom is -0.343 e. The van der Waals surface area contributed by atoms with Crippen LogP contribution in [-0.4, -0.2) is 45.1 Å². The van der Waals surface area contributed by atoms with Crippen molar-refractivity contribution in [2.24, 2.45) is 0 Å². The number of hydrogen-bond donors (Lipinski definition) is 1. The lowest BCUT2D eigenvalue weighted by Gasteiger charge is -2.14. The zero-order valence-electron chi connectivity index (χ0n) is 8.32. The molecule has 0 bridgehead atoms. The van der Waals surface area contributed by atoms with Crippen LogP contribution in [-0.2, 0) is 14.8 Å². The molecular weight excluding hydrogens is 204 g/mol. The number of nitrogens with zero attached hydrogens (tertiary/aromatic N) is 1. The number of likely N-dealkylation sites (tertiary alicyclic amines) is 1. The summed E-state index contributed by atoms with van der Waals surface area (Å²) in [5.41, 5.74) is 0. The van der Waals surface area contributed by atoms with E-state index in [9.17, 15) is 13.2 Å². The summed E-state index contributed by atoms with van der Waals surface area (Å²) in [7, 11) is -3.16. The Morgan fingerprint density at radius 2 is 1.93 bits per heavy atom. The maximum atomic E-state index is 11.4. The van der Waals surface area contributed by atoms with E-state index in [2.05, 4.69) is 4.72 Å². The van der Waals surface area contributed by atoms with E-state index >= 15 is 0 Å². The van der Waals surface area contributed by atoms with Gasteiger partial charge in [0, 0.05) is 26.1 Å². The Kier molecular flexibility index (Phi) is 3.88. The lowest BCUT2D eigenvalue weighted by atomic mass is 10.4. The fourth-order valence-electron chi connectivity index (χ4n) is 1.47. The molecule has 1 amide bonds. The number of hydrogen-bond acceptors (Lipinski definition) is 3. The molecular formula is C8H16N2O3S. The molecule has 1 N–H and O–H groups in total. The molecule has 0 radical (unpaired) electrons. The Hall–Kier alpha value is -0.620. The van der Waals surface area contributed by atoms with E-state index in [0.29, 0.717) is 0 Å². The second-order valence-corrected chi connectivity index (χ2v) is 5.34. The van der Waals surface area contributed by atoms with E-state index in [-0.39, 0.29) is 18.9 Å². The number of carbonyl (C=O) groups is 1. The molecule has 82 valence electrons. The molecule has 0 aromatic carbocycles. The normalized spacial score (nSPS) is 17.4. The largest absolute Gasteiger partial charge is 0.343 e. The van der Waals surface area contributed by atoms with Crippen LogP contribution in [0.5, 0.6) is 0 Å². The van der Waals surface area contributed by atoms with Gasteiger partial charge in [-0.3, -0.25) is 4.79 Å². The predicted molar refractivity (Wildman–Crippen MR) is 53.3 cm³/mol. The average Bonchev–Trinajstić information content (AvgIpc) is 2.53. The van der Waals surface area contributed by atoms with Crippen LogP contribution in [0.1, 0.15) is 19.3 Å². The van der Waals surface area contributed by atoms with Gasteiger partial charge in [0.2, 0.25) is 15.9 Å². The Balaban J connectivity index is 2.21. The van der Waals surface area contributed by atoms with Crippen molar-refractivity contribution in [3.05, 3.63) is 0 Å². The number of rotatable bonds is 4. The first-order valence-electron chi connectivity index (χ1n) is 4.71. The second-order valence-electron chi connectivity index (χ2n) is 3.50. The highest BCUT2D eigenvalue weighted by Gasteiger charge is 2.17. The van der Waals surface area contributed by atoms with Crippen LogP contribution in [0.3, 0.4) is 0 Å². The molecule has 1 aliphatic rings. The fourth-order valence-corrected chi connectivity index (χ4v) is 1.94. The molecule has 0 aliphatic carbocycles. The molecule has 1 aliphatic heterocycles. The molecule has 1 fully saturated rings. The van der Waals surface area contributed by atoms with E-state index < -0.39 is 10.0 Å². The third kappa shape index (κ3) is 4.06. The molecule has 1 saturated heterocycles. The highest BCUT2D eigenvalue weighted by molar-refractivity contribution is 7.88. The van der Waals surface area contributed by atoms with Crippen LogP contribution in [0.2, 0.25) is 0 Å². The first kappa shape index (κ1) is 11.5. The quantitative estimate of drug-likeness (QED) is 0.697. The van der Waals surface area contributed by atoms with Gasteiger partial charge in [-0.1, -0.05) is 0 Å². The zero-order chi connectivity index (χ0) is 10.6. The molecule has 0 aromatic rings. The summed E-state index contributed by atoms with van der Waals surface area (Å²) < 4.78 is 23.7. The molecule has 6 heteroatoms. The van der Waals surface area contributed by atoms with Crippen molar-refractivity contribution in [1.82, 2.24) is 9.62 Å². The van der Waals surface area contributed by atoms with E-state index in [1.54, 1.807) is 4.90 Å². The van der Waals surface area contributed by atoms with Crippen molar-refractivity contribution >= 4 is 15.9 Å². The smallest absolute Gasteiger partial charge is 0.223 e. The van der Waals surface area contributed by atoms with E-state index in [1.807, 2.05) is 0 Å². The van der Waals surface area contributed by atoms with Crippen LogP contribution >= 0.6 is 0 Å². The van der Waals surface area contributed by atoms with Crippen molar-refractivity contribution in [1.29, 1.82) is 0 Å². The van der Waals surface area contributed by atoms with Gasteiger partial charge in [0.25, 0.3) is 0 Å². The average molecular weight is 220 g/mol. The molecule has 0 saturated carbocycles. The van der Waals surface area contributed by atoms with Crippen molar-refractivity contribution in [2.75, 3.05) is 25.9 Å². The molecule has 14 heavy (non-hydrogen) atoms. The Morgan fingerprint density at radius 1 is 1.36 bits per heavy atom. The lowest BCUT2D eigenvalue weighted by molar-refractivity contribution is -0.129. The minimum absolute atomic E-state index is 0.0404. The van der Waals surface area contributed by atoms with E-state index in [1.165, 1.54) is 0 Å². The van der Waals surface area contributed by atoms with Crippen LogP contribution < -0.4 is 4.72 Å². The van der Waals surface area contributed by atoms with Gasteiger partial charge < -0.3 is 4.90 Å².